The minimum absolute atomic E-state index is 0.0506. The molecule has 1 saturated heterocycles. The van der Waals surface area contributed by atoms with Crippen LogP contribution in [0, 0.1) is 5.92 Å². The molecule has 2 amide bonds. The first-order valence-corrected chi connectivity index (χ1v) is 6.83. The molecule has 1 fully saturated rings. The van der Waals surface area contributed by atoms with Gasteiger partial charge < -0.3 is 15.3 Å². The van der Waals surface area contributed by atoms with Gasteiger partial charge in [0.15, 0.2) is 0 Å². The Morgan fingerprint density at radius 1 is 1.33 bits per heavy atom. The maximum atomic E-state index is 12.4. The number of para-hydroxylation sites is 1. The van der Waals surface area contributed by atoms with Gasteiger partial charge in [0, 0.05) is 11.7 Å². The van der Waals surface area contributed by atoms with Crippen molar-refractivity contribution in [3.05, 3.63) is 30.3 Å². The molecule has 0 aliphatic carbocycles. The number of benzene rings is 1. The average Bonchev–Trinajstić information content (AvgIpc) is 2.73. The standard InChI is InChI=1S/C15H18N2O4/c1-9-8-12(16-13(18)10(2)15(20)21)14(19)17(9)11-6-4-3-5-7-11/h3-7,9-10,12H,8H2,1-2H3,(H,16,18)(H,20,21). The summed E-state index contributed by atoms with van der Waals surface area (Å²) in [4.78, 5) is 36.6. The van der Waals surface area contributed by atoms with Crippen LogP contribution in [0.1, 0.15) is 20.3 Å². The Bertz CT molecular complexity index is 558. The number of nitrogens with zero attached hydrogens (tertiary/aromatic N) is 1. The van der Waals surface area contributed by atoms with E-state index in [2.05, 4.69) is 5.32 Å². The first-order valence-electron chi connectivity index (χ1n) is 6.83. The van der Waals surface area contributed by atoms with Gasteiger partial charge in [0.1, 0.15) is 12.0 Å². The Morgan fingerprint density at radius 2 is 1.95 bits per heavy atom. The molecule has 0 bridgehead atoms. The van der Waals surface area contributed by atoms with Crippen molar-refractivity contribution in [3.8, 4) is 0 Å². The molecule has 1 aliphatic heterocycles. The zero-order valence-corrected chi connectivity index (χ0v) is 11.9. The van der Waals surface area contributed by atoms with E-state index in [0.29, 0.717) is 6.42 Å². The second kappa shape index (κ2) is 5.95. The number of carbonyl (C=O) groups excluding carboxylic acids is 2. The molecule has 21 heavy (non-hydrogen) atoms. The number of hydrogen-bond donors (Lipinski definition) is 2. The molecule has 0 saturated carbocycles. The summed E-state index contributed by atoms with van der Waals surface area (Å²) in [5.74, 6) is -3.22. The van der Waals surface area contributed by atoms with Crippen molar-refractivity contribution in [2.45, 2.75) is 32.4 Å². The Morgan fingerprint density at radius 3 is 2.52 bits per heavy atom. The minimum Gasteiger partial charge on any atom is -0.481 e. The number of anilines is 1. The lowest BCUT2D eigenvalue weighted by molar-refractivity contribution is -0.146. The van der Waals surface area contributed by atoms with E-state index < -0.39 is 23.8 Å². The van der Waals surface area contributed by atoms with Crippen LogP contribution < -0.4 is 10.2 Å². The molecule has 1 aliphatic rings. The molecule has 6 nitrogen and oxygen atoms in total. The van der Waals surface area contributed by atoms with E-state index in [1.54, 1.807) is 4.90 Å². The second-order valence-electron chi connectivity index (χ2n) is 5.25. The topological polar surface area (TPSA) is 86.7 Å². The summed E-state index contributed by atoms with van der Waals surface area (Å²) in [5, 5.41) is 11.3. The molecular formula is C15H18N2O4. The number of nitrogens with one attached hydrogen (secondary N) is 1. The van der Waals surface area contributed by atoms with Crippen LogP contribution in [0.3, 0.4) is 0 Å². The largest absolute Gasteiger partial charge is 0.481 e. The molecule has 6 heteroatoms. The maximum absolute atomic E-state index is 12.4. The van der Waals surface area contributed by atoms with Crippen LogP contribution in [-0.2, 0) is 14.4 Å². The first-order chi connectivity index (χ1) is 9.91. The number of amides is 2. The van der Waals surface area contributed by atoms with Crippen LogP contribution >= 0.6 is 0 Å². The van der Waals surface area contributed by atoms with E-state index in [9.17, 15) is 14.4 Å². The van der Waals surface area contributed by atoms with Gasteiger partial charge in [-0.3, -0.25) is 14.4 Å². The molecule has 1 aromatic rings. The highest BCUT2D eigenvalue weighted by molar-refractivity contribution is 6.04. The summed E-state index contributed by atoms with van der Waals surface area (Å²) in [7, 11) is 0. The molecule has 3 unspecified atom stereocenters. The Balaban J connectivity index is 2.10. The zero-order chi connectivity index (χ0) is 15.6. The van der Waals surface area contributed by atoms with Gasteiger partial charge in [-0.05, 0) is 32.4 Å². The lowest BCUT2D eigenvalue weighted by atomic mass is 10.1. The third-order valence-electron chi connectivity index (χ3n) is 3.67. The highest BCUT2D eigenvalue weighted by Gasteiger charge is 2.39. The molecule has 3 atom stereocenters. The number of hydrogen-bond acceptors (Lipinski definition) is 3. The van der Waals surface area contributed by atoms with Crippen molar-refractivity contribution >= 4 is 23.5 Å². The van der Waals surface area contributed by atoms with Gasteiger partial charge in [0.05, 0.1) is 0 Å². The van der Waals surface area contributed by atoms with Crippen molar-refractivity contribution in [1.82, 2.24) is 5.32 Å². The number of carboxylic acid groups (broad SMARTS) is 1. The third kappa shape index (κ3) is 3.04. The van der Waals surface area contributed by atoms with Crippen LogP contribution in [-0.4, -0.2) is 35.0 Å². The second-order valence-corrected chi connectivity index (χ2v) is 5.25. The van der Waals surface area contributed by atoms with Crippen LogP contribution in [0.15, 0.2) is 30.3 Å². The Kier molecular flexibility index (Phi) is 4.26. The Hall–Kier alpha value is -2.37. The molecule has 2 N–H and O–H groups in total. The Labute approximate surface area is 122 Å². The predicted octanol–water partition coefficient (Wildman–Crippen LogP) is 1.02. The van der Waals surface area contributed by atoms with Crippen molar-refractivity contribution in [2.75, 3.05) is 4.90 Å². The van der Waals surface area contributed by atoms with Gasteiger partial charge in [-0.2, -0.15) is 0 Å². The van der Waals surface area contributed by atoms with E-state index in [0.717, 1.165) is 5.69 Å². The number of rotatable bonds is 4. The first kappa shape index (κ1) is 15.0. The maximum Gasteiger partial charge on any atom is 0.315 e. The van der Waals surface area contributed by atoms with Gasteiger partial charge in [0.25, 0.3) is 0 Å². The van der Waals surface area contributed by atoms with Crippen molar-refractivity contribution in [1.29, 1.82) is 0 Å². The molecule has 0 aromatic heterocycles. The smallest absolute Gasteiger partial charge is 0.315 e. The van der Waals surface area contributed by atoms with Crippen LogP contribution in [0.2, 0.25) is 0 Å². The van der Waals surface area contributed by atoms with Crippen LogP contribution in [0.4, 0.5) is 5.69 Å². The predicted molar refractivity (Wildman–Crippen MR) is 76.7 cm³/mol. The fourth-order valence-electron chi connectivity index (χ4n) is 2.43. The lowest BCUT2D eigenvalue weighted by Gasteiger charge is -2.21. The SMILES string of the molecule is CC(C(=O)O)C(=O)NC1CC(C)N(c2ccccc2)C1=O. The fraction of sp³-hybridized carbons (Fsp3) is 0.400. The van der Waals surface area contributed by atoms with Gasteiger partial charge in [-0.15, -0.1) is 0 Å². The van der Waals surface area contributed by atoms with Crippen molar-refractivity contribution < 1.29 is 19.5 Å². The van der Waals surface area contributed by atoms with Crippen molar-refractivity contribution in [2.24, 2.45) is 5.92 Å². The summed E-state index contributed by atoms with van der Waals surface area (Å²) < 4.78 is 0. The average molecular weight is 290 g/mol. The zero-order valence-electron chi connectivity index (χ0n) is 11.9. The summed E-state index contributed by atoms with van der Waals surface area (Å²) in [6.45, 7) is 3.20. The van der Waals surface area contributed by atoms with Crippen LogP contribution in [0.25, 0.3) is 0 Å². The normalized spacial score (nSPS) is 23.0. The molecule has 1 heterocycles. The summed E-state index contributed by atoms with van der Waals surface area (Å²) in [5.41, 5.74) is 0.776. The molecule has 112 valence electrons. The van der Waals surface area contributed by atoms with Crippen LogP contribution in [0.5, 0.6) is 0 Å². The highest BCUT2D eigenvalue weighted by Crippen LogP contribution is 2.26. The highest BCUT2D eigenvalue weighted by atomic mass is 16.4. The van der Waals surface area contributed by atoms with Gasteiger partial charge in [-0.1, -0.05) is 18.2 Å². The minimum atomic E-state index is -1.20. The third-order valence-corrected chi connectivity index (χ3v) is 3.67. The molecular weight excluding hydrogens is 272 g/mol. The number of carbonyl (C=O) groups is 3. The van der Waals surface area contributed by atoms with Gasteiger partial charge in [0.2, 0.25) is 11.8 Å². The molecule has 0 radical (unpaired) electrons. The van der Waals surface area contributed by atoms with Crippen molar-refractivity contribution in [3.63, 3.8) is 0 Å². The van der Waals surface area contributed by atoms with E-state index in [-0.39, 0.29) is 11.9 Å². The quantitative estimate of drug-likeness (QED) is 0.810. The number of carboxylic acids is 1. The monoisotopic (exact) mass is 290 g/mol. The van der Waals surface area contributed by atoms with E-state index >= 15 is 0 Å². The fourth-order valence-corrected chi connectivity index (χ4v) is 2.43. The van der Waals surface area contributed by atoms with Gasteiger partial charge >= 0.3 is 5.97 Å². The van der Waals surface area contributed by atoms with Gasteiger partial charge in [-0.25, -0.2) is 0 Å². The van der Waals surface area contributed by atoms with E-state index in [4.69, 9.17) is 5.11 Å². The van der Waals surface area contributed by atoms with E-state index in [1.807, 2.05) is 37.3 Å². The molecule has 0 spiro atoms. The van der Waals surface area contributed by atoms with E-state index in [1.165, 1.54) is 6.92 Å². The summed E-state index contributed by atoms with van der Waals surface area (Å²) in [6.07, 6.45) is 0.464. The number of aliphatic carboxylic acids is 1. The summed E-state index contributed by atoms with van der Waals surface area (Å²) in [6, 6.07) is 8.49. The summed E-state index contributed by atoms with van der Waals surface area (Å²) >= 11 is 0. The lowest BCUT2D eigenvalue weighted by Crippen LogP contribution is -2.45. The molecule has 2 rings (SSSR count). The molecule has 1 aromatic carbocycles.